The minimum absolute atomic E-state index is 0.118. The lowest BCUT2D eigenvalue weighted by Gasteiger charge is -2.30. The third-order valence-corrected chi connectivity index (χ3v) is 5.30. The standard InChI is InChI=1S/C18H23N3O4S/c1-12-6-8-21(9-7-12)16(22)11-26-18-20-19-17(25-18)13-4-5-14(23-2)15(10-13)24-3/h4-5,10,12H,6-9,11H2,1-3H3. The summed E-state index contributed by atoms with van der Waals surface area (Å²) in [7, 11) is 3.16. The first-order valence-corrected chi connectivity index (χ1v) is 9.55. The van der Waals surface area contributed by atoms with Crippen molar-refractivity contribution in [1.82, 2.24) is 15.1 Å². The number of amides is 1. The van der Waals surface area contributed by atoms with Crippen LogP contribution in [0, 0.1) is 5.92 Å². The number of hydrogen-bond acceptors (Lipinski definition) is 7. The predicted molar refractivity (Wildman–Crippen MR) is 98.5 cm³/mol. The monoisotopic (exact) mass is 377 g/mol. The maximum absolute atomic E-state index is 12.3. The highest BCUT2D eigenvalue weighted by molar-refractivity contribution is 7.99. The van der Waals surface area contributed by atoms with Crippen LogP contribution in [-0.2, 0) is 4.79 Å². The molecule has 1 aromatic carbocycles. The van der Waals surface area contributed by atoms with Gasteiger partial charge in [0.15, 0.2) is 11.5 Å². The van der Waals surface area contributed by atoms with Gasteiger partial charge in [0.1, 0.15) is 0 Å². The Labute approximate surface area is 157 Å². The average Bonchev–Trinajstić information content (AvgIpc) is 3.15. The molecule has 140 valence electrons. The van der Waals surface area contributed by atoms with Gasteiger partial charge >= 0.3 is 0 Å². The van der Waals surface area contributed by atoms with Gasteiger partial charge in [0.2, 0.25) is 11.8 Å². The fourth-order valence-electron chi connectivity index (χ4n) is 2.83. The number of nitrogens with zero attached hydrogens (tertiary/aromatic N) is 3. The fraction of sp³-hybridized carbons (Fsp3) is 0.500. The van der Waals surface area contributed by atoms with Crippen LogP contribution in [0.1, 0.15) is 19.8 Å². The van der Waals surface area contributed by atoms with Gasteiger partial charge in [0.25, 0.3) is 5.22 Å². The van der Waals surface area contributed by atoms with Crippen LogP contribution < -0.4 is 9.47 Å². The number of thioether (sulfide) groups is 1. The van der Waals surface area contributed by atoms with Crippen molar-refractivity contribution in [2.24, 2.45) is 5.92 Å². The number of piperidine rings is 1. The van der Waals surface area contributed by atoms with E-state index in [9.17, 15) is 4.79 Å². The van der Waals surface area contributed by atoms with E-state index in [0.29, 0.717) is 34.3 Å². The van der Waals surface area contributed by atoms with E-state index < -0.39 is 0 Å². The Balaban J connectivity index is 1.60. The van der Waals surface area contributed by atoms with Gasteiger partial charge in [-0.05, 0) is 37.0 Å². The molecule has 0 atom stereocenters. The van der Waals surface area contributed by atoms with Crippen LogP contribution in [-0.4, -0.2) is 54.1 Å². The van der Waals surface area contributed by atoms with Crippen molar-refractivity contribution in [2.75, 3.05) is 33.1 Å². The van der Waals surface area contributed by atoms with Gasteiger partial charge in [0.05, 0.1) is 20.0 Å². The van der Waals surface area contributed by atoms with Crippen LogP contribution in [0.4, 0.5) is 0 Å². The van der Waals surface area contributed by atoms with Crippen molar-refractivity contribution in [3.8, 4) is 23.0 Å². The molecule has 2 heterocycles. The normalized spacial score (nSPS) is 15.1. The van der Waals surface area contributed by atoms with Crippen molar-refractivity contribution in [1.29, 1.82) is 0 Å². The summed E-state index contributed by atoms with van der Waals surface area (Å²) in [6, 6.07) is 5.39. The number of rotatable bonds is 6. The molecule has 8 heteroatoms. The summed E-state index contributed by atoms with van der Waals surface area (Å²) in [5.41, 5.74) is 0.735. The quantitative estimate of drug-likeness (QED) is 0.716. The highest BCUT2D eigenvalue weighted by atomic mass is 32.2. The number of carbonyl (C=O) groups is 1. The van der Waals surface area contributed by atoms with Crippen LogP contribution in [0.5, 0.6) is 11.5 Å². The Bertz CT molecular complexity index is 757. The molecule has 1 fully saturated rings. The van der Waals surface area contributed by atoms with Gasteiger partial charge in [-0.3, -0.25) is 4.79 Å². The molecule has 7 nitrogen and oxygen atoms in total. The number of methoxy groups -OCH3 is 2. The Hall–Kier alpha value is -2.22. The summed E-state index contributed by atoms with van der Waals surface area (Å²) in [6.07, 6.45) is 2.14. The molecule has 1 aliphatic heterocycles. The van der Waals surface area contributed by atoms with E-state index in [1.807, 2.05) is 11.0 Å². The van der Waals surface area contributed by atoms with Gasteiger partial charge in [-0.15, -0.1) is 10.2 Å². The second-order valence-corrected chi connectivity index (χ2v) is 7.22. The third-order valence-electron chi connectivity index (χ3n) is 4.49. The molecular weight excluding hydrogens is 354 g/mol. The molecule has 0 saturated carbocycles. The number of benzene rings is 1. The predicted octanol–water partition coefficient (Wildman–Crippen LogP) is 3.10. The smallest absolute Gasteiger partial charge is 0.277 e. The van der Waals surface area contributed by atoms with Crippen LogP contribution in [0.3, 0.4) is 0 Å². The highest BCUT2D eigenvalue weighted by Crippen LogP contribution is 2.32. The molecule has 0 aliphatic carbocycles. The second-order valence-electron chi connectivity index (χ2n) is 6.29. The highest BCUT2D eigenvalue weighted by Gasteiger charge is 2.21. The van der Waals surface area contributed by atoms with E-state index in [4.69, 9.17) is 13.9 Å². The lowest BCUT2D eigenvalue weighted by Crippen LogP contribution is -2.38. The zero-order chi connectivity index (χ0) is 18.5. The van der Waals surface area contributed by atoms with Crippen molar-refractivity contribution >= 4 is 17.7 Å². The zero-order valence-electron chi connectivity index (χ0n) is 15.2. The first kappa shape index (κ1) is 18.6. The minimum atomic E-state index is 0.118. The third kappa shape index (κ3) is 4.30. The molecule has 1 amide bonds. The molecule has 0 spiro atoms. The van der Waals surface area contributed by atoms with Crippen molar-refractivity contribution in [3.63, 3.8) is 0 Å². The maximum Gasteiger partial charge on any atom is 0.277 e. The molecule has 1 aliphatic rings. The lowest BCUT2D eigenvalue weighted by molar-refractivity contribution is -0.129. The van der Waals surface area contributed by atoms with Crippen LogP contribution in [0.25, 0.3) is 11.5 Å². The van der Waals surface area contributed by atoms with E-state index in [2.05, 4.69) is 17.1 Å². The molecule has 0 N–H and O–H groups in total. The lowest BCUT2D eigenvalue weighted by atomic mass is 9.99. The summed E-state index contributed by atoms with van der Waals surface area (Å²) in [5.74, 6) is 2.73. The maximum atomic E-state index is 12.3. The fourth-order valence-corrected chi connectivity index (χ4v) is 3.49. The summed E-state index contributed by atoms with van der Waals surface area (Å²) in [4.78, 5) is 14.2. The van der Waals surface area contributed by atoms with Gasteiger partial charge in [-0.25, -0.2) is 0 Å². The van der Waals surface area contributed by atoms with Crippen LogP contribution >= 0.6 is 11.8 Å². The number of likely N-dealkylation sites (tertiary alicyclic amines) is 1. The van der Waals surface area contributed by atoms with Crippen molar-refractivity contribution in [2.45, 2.75) is 25.0 Å². The van der Waals surface area contributed by atoms with E-state index >= 15 is 0 Å². The largest absolute Gasteiger partial charge is 0.493 e. The van der Waals surface area contributed by atoms with Gasteiger partial charge < -0.3 is 18.8 Å². The van der Waals surface area contributed by atoms with E-state index in [0.717, 1.165) is 31.5 Å². The molecule has 1 aromatic heterocycles. The van der Waals surface area contributed by atoms with Gasteiger partial charge in [-0.1, -0.05) is 18.7 Å². The van der Waals surface area contributed by atoms with Crippen LogP contribution in [0.2, 0.25) is 0 Å². The van der Waals surface area contributed by atoms with Gasteiger partial charge in [0, 0.05) is 18.7 Å². The first-order chi connectivity index (χ1) is 12.6. The summed E-state index contributed by atoms with van der Waals surface area (Å²) < 4.78 is 16.2. The first-order valence-electron chi connectivity index (χ1n) is 8.57. The molecule has 3 rings (SSSR count). The Morgan fingerprint density at radius 1 is 1.23 bits per heavy atom. The van der Waals surface area contributed by atoms with Crippen molar-refractivity contribution < 1.29 is 18.7 Å². The summed E-state index contributed by atoms with van der Waals surface area (Å²) in [6.45, 7) is 3.90. The number of carbonyl (C=O) groups excluding carboxylic acids is 1. The topological polar surface area (TPSA) is 77.7 Å². The molecule has 2 aromatic rings. The summed E-state index contributed by atoms with van der Waals surface area (Å²) >= 11 is 1.27. The molecule has 26 heavy (non-hydrogen) atoms. The average molecular weight is 377 g/mol. The summed E-state index contributed by atoms with van der Waals surface area (Å²) in [5, 5.41) is 8.47. The van der Waals surface area contributed by atoms with Gasteiger partial charge in [-0.2, -0.15) is 0 Å². The molecular formula is C18H23N3O4S. The van der Waals surface area contributed by atoms with Crippen LogP contribution in [0.15, 0.2) is 27.8 Å². The Morgan fingerprint density at radius 2 is 1.96 bits per heavy atom. The zero-order valence-corrected chi connectivity index (χ0v) is 16.0. The molecule has 0 unspecified atom stereocenters. The minimum Gasteiger partial charge on any atom is -0.493 e. The van der Waals surface area contributed by atoms with E-state index in [-0.39, 0.29) is 5.91 Å². The molecule has 0 bridgehead atoms. The van der Waals surface area contributed by atoms with E-state index in [1.54, 1.807) is 26.4 Å². The molecule has 1 saturated heterocycles. The van der Waals surface area contributed by atoms with Crippen molar-refractivity contribution in [3.05, 3.63) is 18.2 Å². The molecule has 0 radical (unpaired) electrons. The Kier molecular flexibility index (Phi) is 6.03. The number of ether oxygens (including phenoxy) is 2. The Morgan fingerprint density at radius 3 is 2.65 bits per heavy atom. The number of hydrogen-bond donors (Lipinski definition) is 0. The van der Waals surface area contributed by atoms with E-state index in [1.165, 1.54) is 11.8 Å². The SMILES string of the molecule is COc1ccc(-c2nnc(SCC(=O)N3CCC(C)CC3)o2)cc1OC. The number of aromatic nitrogens is 2. The second kappa shape index (κ2) is 8.44.